The normalized spacial score (nSPS) is 12.2. The van der Waals surface area contributed by atoms with E-state index in [-0.39, 0.29) is 0 Å². The van der Waals surface area contributed by atoms with Gasteiger partial charge in [0.2, 0.25) is 0 Å². The van der Waals surface area contributed by atoms with E-state index in [2.05, 4.69) is 67.0 Å². The molecule has 0 radical (unpaired) electrons. The summed E-state index contributed by atoms with van der Waals surface area (Å²) in [6, 6.07) is 8.38. The molecule has 0 saturated carbocycles. The minimum absolute atomic E-state index is 0.925. The van der Waals surface area contributed by atoms with Gasteiger partial charge in [0.25, 0.3) is 0 Å². The first kappa shape index (κ1) is 14.5. The summed E-state index contributed by atoms with van der Waals surface area (Å²) in [7, 11) is -0.925. The zero-order valence-electron chi connectivity index (χ0n) is 11.4. The van der Waals surface area contributed by atoms with Crippen molar-refractivity contribution < 1.29 is 0 Å². The summed E-state index contributed by atoms with van der Waals surface area (Å²) in [5.74, 6) is 1.25. The molecular formula is C14H23NSSi. The lowest BCUT2D eigenvalue weighted by Gasteiger charge is -2.13. The fraction of sp³-hybridized carbons (Fsp3) is 0.500. The van der Waals surface area contributed by atoms with Gasteiger partial charge in [-0.3, -0.25) is 4.99 Å². The van der Waals surface area contributed by atoms with Crippen LogP contribution in [-0.2, 0) is 0 Å². The van der Waals surface area contributed by atoms with Gasteiger partial charge >= 0.3 is 0 Å². The SMILES string of the molecule is Cc1ccccc1C=NCCCS[Si](C)(C)C. The first-order valence-electron chi connectivity index (χ1n) is 6.18. The fourth-order valence-electron chi connectivity index (χ4n) is 1.43. The summed E-state index contributed by atoms with van der Waals surface area (Å²) in [6.07, 6.45) is 3.20. The molecular weight excluding hydrogens is 242 g/mol. The van der Waals surface area contributed by atoms with Gasteiger partial charge in [-0.05, 0) is 30.2 Å². The van der Waals surface area contributed by atoms with E-state index < -0.39 is 7.22 Å². The molecule has 0 aliphatic rings. The Morgan fingerprint density at radius 3 is 2.59 bits per heavy atom. The molecule has 0 heterocycles. The molecule has 0 aliphatic heterocycles. The number of nitrogens with zero attached hydrogens (tertiary/aromatic N) is 1. The van der Waals surface area contributed by atoms with E-state index in [1.807, 2.05) is 6.21 Å². The summed E-state index contributed by atoms with van der Waals surface area (Å²) in [4.78, 5) is 4.50. The van der Waals surface area contributed by atoms with E-state index in [0.29, 0.717) is 0 Å². The molecule has 0 aliphatic carbocycles. The summed E-state index contributed by atoms with van der Waals surface area (Å²) in [5.41, 5.74) is 2.54. The summed E-state index contributed by atoms with van der Waals surface area (Å²) in [6.45, 7) is 10.3. The highest BCUT2D eigenvalue weighted by Crippen LogP contribution is 2.19. The van der Waals surface area contributed by atoms with Crippen LogP contribution in [0.4, 0.5) is 0 Å². The number of rotatable bonds is 6. The van der Waals surface area contributed by atoms with E-state index >= 15 is 0 Å². The maximum atomic E-state index is 4.50. The Labute approximate surface area is 110 Å². The minimum atomic E-state index is -0.925. The predicted molar refractivity (Wildman–Crippen MR) is 84.1 cm³/mol. The largest absolute Gasteiger partial charge is 0.293 e. The van der Waals surface area contributed by atoms with Crippen molar-refractivity contribution in [2.45, 2.75) is 33.0 Å². The van der Waals surface area contributed by atoms with Gasteiger partial charge in [-0.1, -0.05) is 43.9 Å². The summed E-state index contributed by atoms with van der Waals surface area (Å²) < 4.78 is 0. The second-order valence-electron chi connectivity index (χ2n) is 5.21. The van der Waals surface area contributed by atoms with Crippen molar-refractivity contribution in [2.75, 3.05) is 12.3 Å². The van der Waals surface area contributed by atoms with Gasteiger partial charge in [0.1, 0.15) is 7.22 Å². The molecule has 0 atom stereocenters. The lowest BCUT2D eigenvalue weighted by atomic mass is 10.1. The van der Waals surface area contributed by atoms with E-state index in [0.717, 1.165) is 6.54 Å². The van der Waals surface area contributed by atoms with Gasteiger partial charge in [0.05, 0.1) is 0 Å². The third-order valence-corrected chi connectivity index (χ3v) is 6.95. The first-order valence-corrected chi connectivity index (χ1v) is 11.4. The number of aryl methyl sites for hydroxylation is 1. The van der Waals surface area contributed by atoms with Crippen LogP contribution in [0.15, 0.2) is 29.3 Å². The molecule has 0 aromatic heterocycles. The van der Waals surface area contributed by atoms with Crippen LogP contribution in [-0.4, -0.2) is 25.7 Å². The van der Waals surface area contributed by atoms with Crippen molar-refractivity contribution in [3.8, 4) is 0 Å². The molecule has 1 nitrogen and oxygen atoms in total. The highest BCUT2D eigenvalue weighted by atomic mass is 32.4. The topological polar surface area (TPSA) is 12.4 Å². The zero-order chi connectivity index (χ0) is 12.7. The standard InChI is InChI=1S/C14H23NSSi/c1-13-8-5-6-9-14(13)12-15-10-7-11-16-17(2,3)4/h5-6,8-9,12H,7,10-11H2,1-4H3. The van der Waals surface area contributed by atoms with Gasteiger partial charge in [-0.15, -0.1) is 0 Å². The molecule has 94 valence electrons. The van der Waals surface area contributed by atoms with Crippen molar-refractivity contribution in [3.05, 3.63) is 35.4 Å². The van der Waals surface area contributed by atoms with Crippen LogP contribution in [0.5, 0.6) is 0 Å². The Bertz CT molecular complexity index is 369. The van der Waals surface area contributed by atoms with Crippen molar-refractivity contribution in [2.24, 2.45) is 4.99 Å². The number of benzene rings is 1. The van der Waals surface area contributed by atoms with E-state index in [4.69, 9.17) is 0 Å². The van der Waals surface area contributed by atoms with E-state index in [1.54, 1.807) is 0 Å². The Hall–Kier alpha value is -0.543. The molecule has 0 unspecified atom stereocenters. The smallest absolute Gasteiger partial charge is 0.108 e. The lowest BCUT2D eigenvalue weighted by molar-refractivity contribution is 0.949. The quantitative estimate of drug-likeness (QED) is 0.422. The zero-order valence-corrected chi connectivity index (χ0v) is 13.2. The number of aliphatic imine (C=N–C) groups is 1. The van der Waals surface area contributed by atoms with Crippen molar-refractivity contribution >= 4 is 24.6 Å². The number of hydrogen-bond acceptors (Lipinski definition) is 2. The molecule has 0 spiro atoms. The fourth-order valence-corrected chi connectivity index (χ4v) is 4.58. The molecule has 0 fully saturated rings. The second kappa shape index (κ2) is 7.02. The lowest BCUT2D eigenvalue weighted by Crippen LogP contribution is -2.14. The van der Waals surface area contributed by atoms with Gasteiger partial charge < -0.3 is 0 Å². The molecule has 1 rings (SSSR count). The Morgan fingerprint density at radius 1 is 1.24 bits per heavy atom. The molecule has 0 saturated heterocycles. The molecule has 3 heteroatoms. The Kier molecular flexibility index (Phi) is 5.99. The van der Waals surface area contributed by atoms with E-state index in [9.17, 15) is 0 Å². The molecule has 17 heavy (non-hydrogen) atoms. The van der Waals surface area contributed by atoms with Gasteiger partial charge in [-0.25, -0.2) is 0 Å². The molecule has 0 bridgehead atoms. The molecule has 1 aromatic rings. The summed E-state index contributed by atoms with van der Waals surface area (Å²) in [5, 5.41) is 0. The maximum absolute atomic E-state index is 4.50. The maximum Gasteiger partial charge on any atom is 0.108 e. The average Bonchev–Trinajstić information content (AvgIpc) is 2.24. The van der Waals surface area contributed by atoms with Gasteiger partial charge in [0, 0.05) is 12.8 Å². The van der Waals surface area contributed by atoms with Crippen molar-refractivity contribution in [1.82, 2.24) is 0 Å². The van der Waals surface area contributed by atoms with Crippen molar-refractivity contribution in [1.29, 1.82) is 0 Å². The highest BCUT2D eigenvalue weighted by Gasteiger charge is 2.12. The summed E-state index contributed by atoms with van der Waals surface area (Å²) >= 11 is 2.15. The van der Waals surface area contributed by atoms with Gasteiger partial charge in [-0.2, -0.15) is 11.2 Å². The van der Waals surface area contributed by atoms with Crippen LogP contribution in [0.2, 0.25) is 19.6 Å². The molecule has 0 amide bonds. The Balaban J connectivity index is 2.25. The molecule has 1 aromatic carbocycles. The predicted octanol–water partition coefficient (Wildman–Crippen LogP) is 4.37. The van der Waals surface area contributed by atoms with Crippen LogP contribution in [0, 0.1) is 6.92 Å². The van der Waals surface area contributed by atoms with Gasteiger partial charge in [0.15, 0.2) is 0 Å². The highest BCUT2D eigenvalue weighted by molar-refractivity contribution is 8.28. The monoisotopic (exact) mass is 265 g/mol. The van der Waals surface area contributed by atoms with Crippen LogP contribution < -0.4 is 0 Å². The first-order chi connectivity index (χ1) is 7.99. The third-order valence-electron chi connectivity index (χ3n) is 2.39. The average molecular weight is 265 g/mol. The van der Waals surface area contributed by atoms with Crippen LogP contribution in [0.25, 0.3) is 0 Å². The van der Waals surface area contributed by atoms with Crippen molar-refractivity contribution in [3.63, 3.8) is 0 Å². The number of hydrogen-bond donors (Lipinski definition) is 0. The van der Waals surface area contributed by atoms with E-state index in [1.165, 1.54) is 23.3 Å². The molecule has 0 N–H and O–H groups in total. The second-order valence-corrected chi connectivity index (χ2v) is 14.7. The minimum Gasteiger partial charge on any atom is -0.293 e. The third kappa shape index (κ3) is 6.69. The van der Waals surface area contributed by atoms with Crippen LogP contribution >= 0.6 is 11.2 Å². The van der Waals surface area contributed by atoms with Crippen LogP contribution in [0.3, 0.4) is 0 Å². The van der Waals surface area contributed by atoms with Crippen LogP contribution in [0.1, 0.15) is 17.5 Å². The Morgan fingerprint density at radius 2 is 1.94 bits per heavy atom.